The largest absolute Gasteiger partial charge is 0.391 e. The lowest BCUT2D eigenvalue weighted by Gasteiger charge is -2.37. The van der Waals surface area contributed by atoms with Gasteiger partial charge >= 0.3 is 0 Å². The number of amides is 1. The highest BCUT2D eigenvalue weighted by Gasteiger charge is 2.29. The van der Waals surface area contributed by atoms with Crippen molar-refractivity contribution < 1.29 is 9.90 Å². The van der Waals surface area contributed by atoms with Gasteiger partial charge in [0.1, 0.15) is 0 Å². The summed E-state index contributed by atoms with van der Waals surface area (Å²) in [6.07, 6.45) is 2.93. The van der Waals surface area contributed by atoms with E-state index in [2.05, 4.69) is 4.98 Å². The minimum Gasteiger partial charge on any atom is -0.391 e. The van der Waals surface area contributed by atoms with Crippen LogP contribution in [0.4, 0.5) is 0 Å². The number of aliphatic hydroxyl groups is 1. The maximum atomic E-state index is 12.3. The number of aromatic nitrogens is 1. The Labute approximate surface area is 112 Å². The van der Waals surface area contributed by atoms with Crippen LogP contribution in [0, 0.1) is 6.92 Å². The van der Waals surface area contributed by atoms with Crippen molar-refractivity contribution >= 4 is 17.2 Å². The molecule has 1 aliphatic heterocycles. The van der Waals surface area contributed by atoms with Crippen molar-refractivity contribution in [2.75, 3.05) is 6.54 Å². The second-order valence-electron chi connectivity index (χ2n) is 4.93. The predicted molar refractivity (Wildman–Crippen MR) is 71.6 cm³/mol. The number of nitrogens with zero attached hydrogens (tertiary/aromatic N) is 2. The Hall–Kier alpha value is -0.940. The van der Waals surface area contributed by atoms with E-state index in [9.17, 15) is 9.90 Å². The SMILES string of the molecule is Cc1nc(CC(=O)N2CCCCC2C(C)O)cs1. The lowest BCUT2D eigenvalue weighted by atomic mass is 9.97. The van der Waals surface area contributed by atoms with Crippen molar-refractivity contribution in [1.82, 2.24) is 9.88 Å². The topological polar surface area (TPSA) is 53.4 Å². The summed E-state index contributed by atoms with van der Waals surface area (Å²) in [6, 6.07) is -0.0222. The molecule has 2 atom stereocenters. The molecule has 2 heterocycles. The smallest absolute Gasteiger partial charge is 0.228 e. The van der Waals surface area contributed by atoms with Crippen LogP contribution in [0.5, 0.6) is 0 Å². The summed E-state index contributed by atoms with van der Waals surface area (Å²) < 4.78 is 0. The first-order chi connectivity index (χ1) is 8.58. The van der Waals surface area contributed by atoms with Crippen LogP contribution < -0.4 is 0 Å². The number of rotatable bonds is 3. The van der Waals surface area contributed by atoms with Gasteiger partial charge in [-0.15, -0.1) is 11.3 Å². The monoisotopic (exact) mass is 268 g/mol. The predicted octanol–water partition coefficient (Wildman–Crippen LogP) is 1.76. The Balaban J connectivity index is 2.02. The van der Waals surface area contributed by atoms with E-state index >= 15 is 0 Å². The zero-order valence-electron chi connectivity index (χ0n) is 10.9. The Morgan fingerprint density at radius 2 is 2.44 bits per heavy atom. The van der Waals surface area contributed by atoms with Gasteiger partial charge in [-0.3, -0.25) is 4.79 Å². The van der Waals surface area contributed by atoms with Gasteiger partial charge in [0.25, 0.3) is 0 Å². The van der Waals surface area contributed by atoms with Crippen molar-refractivity contribution in [3.8, 4) is 0 Å². The molecule has 1 fully saturated rings. The molecule has 0 saturated carbocycles. The number of hydrogen-bond donors (Lipinski definition) is 1. The van der Waals surface area contributed by atoms with Crippen molar-refractivity contribution in [2.24, 2.45) is 0 Å². The Morgan fingerprint density at radius 1 is 1.67 bits per heavy atom. The minimum absolute atomic E-state index is 0.0222. The fraction of sp³-hybridized carbons (Fsp3) is 0.692. The van der Waals surface area contributed by atoms with Gasteiger partial charge in [-0.05, 0) is 33.1 Å². The molecule has 1 aromatic heterocycles. The lowest BCUT2D eigenvalue weighted by molar-refractivity contribution is -0.137. The van der Waals surface area contributed by atoms with E-state index in [1.165, 1.54) is 0 Å². The van der Waals surface area contributed by atoms with Crippen LogP contribution in [0.25, 0.3) is 0 Å². The molecule has 0 aliphatic carbocycles. The number of carbonyl (C=O) groups is 1. The maximum absolute atomic E-state index is 12.3. The van der Waals surface area contributed by atoms with Crippen LogP contribution >= 0.6 is 11.3 Å². The molecule has 0 spiro atoms. The summed E-state index contributed by atoms with van der Waals surface area (Å²) in [7, 11) is 0. The second kappa shape index (κ2) is 5.80. The average Bonchev–Trinajstić information content (AvgIpc) is 2.74. The first-order valence-corrected chi connectivity index (χ1v) is 7.34. The molecule has 5 heteroatoms. The number of aliphatic hydroxyl groups excluding tert-OH is 1. The molecule has 0 bridgehead atoms. The lowest BCUT2D eigenvalue weighted by Crippen LogP contribution is -2.49. The molecule has 2 rings (SSSR count). The summed E-state index contributed by atoms with van der Waals surface area (Å²) in [5.74, 6) is 0.0888. The number of aryl methyl sites for hydroxylation is 1. The first-order valence-electron chi connectivity index (χ1n) is 6.46. The van der Waals surface area contributed by atoms with E-state index in [4.69, 9.17) is 0 Å². The summed E-state index contributed by atoms with van der Waals surface area (Å²) in [6.45, 7) is 4.47. The third-order valence-corrected chi connectivity index (χ3v) is 4.25. The molecule has 0 radical (unpaired) electrons. The molecular formula is C13H20N2O2S. The molecule has 1 N–H and O–H groups in total. The number of hydrogen-bond acceptors (Lipinski definition) is 4. The Kier molecular flexibility index (Phi) is 4.35. The van der Waals surface area contributed by atoms with E-state index in [0.717, 1.165) is 36.5 Å². The van der Waals surface area contributed by atoms with Gasteiger partial charge in [0, 0.05) is 11.9 Å². The van der Waals surface area contributed by atoms with Crippen LogP contribution in [0.2, 0.25) is 0 Å². The van der Waals surface area contributed by atoms with E-state index in [-0.39, 0.29) is 11.9 Å². The van der Waals surface area contributed by atoms with Crippen molar-refractivity contribution in [3.05, 3.63) is 16.1 Å². The van der Waals surface area contributed by atoms with Gasteiger partial charge in [0.15, 0.2) is 0 Å². The molecule has 100 valence electrons. The summed E-state index contributed by atoms with van der Waals surface area (Å²) in [5.41, 5.74) is 0.845. The quantitative estimate of drug-likeness (QED) is 0.908. The number of likely N-dealkylation sites (tertiary alicyclic amines) is 1. The van der Waals surface area contributed by atoms with Gasteiger partial charge in [0.05, 0.1) is 29.3 Å². The maximum Gasteiger partial charge on any atom is 0.228 e. The van der Waals surface area contributed by atoms with Crippen LogP contribution in [-0.4, -0.2) is 39.6 Å². The van der Waals surface area contributed by atoms with Gasteiger partial charge in [-0.1, -0.05) is 0 Å². The van der Waals surface area contributed by atoms with Gasteiger partial charge in [0.2, 0.25) is 5.91 Å². The molecule has 2 unspecified atom stereocenters. The van der Waals surface area contributed by atoms with Crippen molar-refractivity contribution in [1.29, 1.82) is 0 Å². The molecule has 0 aromatic carbocycles. The highest BCUT2D eigenvalue weighted by molar-refractivity contribution is 7.09. The number of carbonyl (C=O) groups excluding carboxylic acids is 1. The Morgan fingerprint density at radius 3 is 3.06 bits per heavy atom. The van der Waals surface area contributed by atoms with E-state index in [0.29, 0.717) is 6.42 Å². The Bertz CT molecular complexity index is 417. The molecule has 1 aliphatic rings. The summed E-state index contributed by atoms with van der Waals surface area (Å²) >= 11 is 1.57. The fourth-order valence-corrected chi connectivity index (χ4v) is 3.13. The minimum atomic E-state index is -0.452. The number of thiazole rings is 1. The van der Waals surface area contributed by atoms with E-state index in [1.807, 2.05) is 17.2 Å². The van der Waals surface area contributed by atoms with Crippen molar-refractivity contribution in [3.63, 3.8) is 0 Å². The zero-order valence-corrected chi connectivity index (χ0v) is 11.7. The zero-order chi connectivity index (χ0) is 13.1. The van der Waals surface area contributed by atoms with Crippen LogP contribution in [0.3, 0.4) is 0 Å². The van der Waals surface area contributed by atoms with Crippen molar-refractivity contribution in [2.45, 2.75) is 51.7 Å². The third kappa shape index (κ3) is 3.09. The van der Waals surface area contributed by atoms with Crippen LogP contribution in [0.1, 0.15) is 36.9 Å². The van der Waals surface area contributed by atoms with E-state index < -0.39 is 6.10 Å². The molecular weight excluding hydrogens is 248 g/mol. The van der Waals surface area contributed by atoms with Gasteiger partial charge < -0.3 is 10.0 Å². The fourth-order valence-electron chi connectivity index (χ4n) is 2.51. The van der Waals surface area contributed by atoms with Gasteiger partial charge in [-0.25, -0.2) is 4.98 Å². The van der Waals surface area contributed by atoms with Gasteiger partial charge in [-0.2, -0.15) is 0 Å². The molecule has 4 nitrogen and oxygen atoms in total. The molecule has 1 amide bonds. The molecule has 1 saturated heterocycles. The summed E-state index contributed by atoms with van der Waals surface area (Å²) in [4.78, 5) is 18.4. The standard InChI is InChI=1S/C13H20N2O2S/c1-9(16)12-5-3-4-6-15(12)13(17)7-11-8-18-10(2)14-11/h8-9,12,16H,3-7H2,1-2H3. The summed E-state index contributed by atoms with van der Waals surface area (Å²) in [5, 5.41) is 12.7. The van der Waals surface area contributed by atoms with E-state index in [1.54, 1.807) is 18.3 Å². The van der Waals surface area contributed by atoms with Crippen LogP contribution in [0.15, 0.2) is 5.38 Å². The number of piperidine rings is 1. The first kappa shape index (κ1) is 13.5. The highest BCUT2D eigenvalue weighted by atomic mass is 32.1. The molecule has 1 aromatic rings. The average molecular weight is 268 g/mol. The third-order valence-electron chi connectivity index (χ3n) is 3.43. The second-order valence-corrected chi connectivity index (χ2v) is 5.99. The highest BCUT2D eigenvalue weighted by Crippen LogP contribution is 2.21. The normalized spacial score (nSPS) is 21.9. The van der Waals surface area contributed by atoms with Crippen LogP contribution in [-0.2, 0) is 11.2 Å². The molecule has 18 heavy (non-hydrogen) atoms.